The van der Waals surface area contributed by atoms with E-state index in [-0.39, 0.29) is 0 Å². The Morgan fingerprint density at radius 1 is 1.39 bits per heavy atom. The van der Waals surface area contributed by atoms with Crippen molar-refractivity contribution in [3.05, 3.63) is 24.0 Å². The third-order valence-corrected chi connectivity index (χ3v) is 4.36. The van der Waals surface area contributed by atoms with Crippen LogP contribution in [0.2, 0.25) is 0 Å². The van der Waals surface area contributed by atoms with Crippen LogP contribution in [-0.2, 0) is 0 Å². The van der Waals surface area contributed by atoms with Gasteiger partial charge in [0.25, 0.3) is 0 Å². The zero-order valence-corrected chi connectivity index (χ0v) is 12.2. The van der Waals surface area contributed by atoms with Gasteiger partial charge in [-0.3, -0.25) is 4.98 Å². The Bertz CT molecular complexity index is 345. The zero-order valence-electron chi connectivity index (χ0n) is 11.4. The number of nitrogens with zero attached hydrogens (tertiary/aromatic N) is 2. The third kappa shape index (κ3) is 3.62. The normalized spacial score (nSPS) is 18.4. The van der Waals surface area contributed by atoms with Crippen LogP contribution < -0.4 is 10.2 Å². The molecule has 0 amide bonds. The van der Waals surface area contributed by atoms with Gasteiger partial charge in [-0.25, -0.2) is 0 Å². The lowest BCUT2D eigenvalue weighted by molar-refractivity contribution is 0.583. The fourth-order valence-corrected chi connectivity index (χ4v) is 3.14. The van der Waals surface area contributed by atoms with Gasteiger partial charge in [-0.05, 0) is 37.8 Å². The molecule has 0 aromatic carbocycles. The summed E-state index contributed by atoms with van der Waals surface area (Å²) in [6, 6.07) is 4.70. The van der Waals surface area contributed by atoms with E-state index in [9.17, 15) is 0 Å². The molecule has 0 bridgehead atoms. The van der Waals surface area contributed by atoms with Crippen LogP contribution in [0.25, 0.3) is 0 Å². The Balaban J connectivity index is 2.01. The number of anilines is 1. The van der Waals surface area contributed by atoms with Gasteiger partial charge in [0.2, 0.25) is 0 Å². The predicted octanol–water partition coefficient (Wildman–Crippen LogP) is 2.70. The van der Waals surface area contributed by atoms with Crippen LogP contribution in [0.4, 0.5) is 5.69 Å². The molecule has 1 fully saturated rings. The minimum atomic E-state index is 0.337. The van der Waals surface area contributed by atoms with Gasteiger partial charge in [0, 0.05) is 24.9 Å². The monoisotopic (exact) mass is 265 g/mol. The van der Waals surface area contributed by atoms with Crippen LogP contribution in [0.5, 0.6) is 0 Å². The van der Waals surface area contributed by atoms with Gasteiger partial charge < -0.3 is 10.2 Å². The summed E-state index contributed by atoms with van der Waals surface area (Å²) in [5.74, 6) is 2.52. The van der Waals surface area contributed by atoms with E-state index in [4.69, 9.17) is 0 Å². The molecular weight excluding hydrogens is 242 g/mol. The van der Waals surface area contributed by atoms with Crippen molar-refractivity contribution in [2.24, 2.45) is 0 Å². The molecule has 3 nitrogen and oxygen atoms in total. The predicted molar refractivity (Wildman–Crippen MR) is 80.5 cm³/mol. The Morgan fingerprint density at radius 2 is 2.28 bits per heavy atom. The summed E-state index contributed by atoms with van der Waals surface area (Å²) in [5, 5.41) is 3.39. The molecule has 0 aliphatic carbocycles. The largest absolute Gasteiger partial charge is 0.369 e. The first-order valence-electron chi connectivity index (χ1n) is 6.83. The molecule has 2 heterocycles. The molecule has 1 N–H and O–H groups in total. The summed E-state index contributed by atoms with van der Waals surface area (Å²) >= 11 is 2.06. The van der Waals surface area contributed by atoms with E-state index in [2.05, 4.69) is 52.9 Å². The van der Waals surface area contributed by atoms with Crippen molar-refractivity contribution in [3.63, 3.8) is 0 Å². The fraction of sp³-hybridized carbons (Fsp3) is 0.643. The number of nitrogens with one attached hydrogen (secondary N) is 1. The maximum absolute atomic E-state index is 4.59. The van der Waals surface area contributed by atoms with E-state index in [1.54, 1.807) is 0 Å². The van der Waals surface area contributed by atoms with Crippen molar-refractivity contribution in [3.8, 4) is 0 Å². The van der Waals surface area contributed by atoms with Crippen molar-refractivity contribution in [2.45, 2.75) is 26.3 Å². The highest BCUT2D eigenvalue weighted by atomic mass is 32.2. The highest BCUT2D eigenvalue weighted by molar-refractivity contribution is 7.99. The van der Waals surface area contributed by atoms with Crippen LogP contribution in [0.15, 0.2) is 18.3 Å². The first-order valence-corrected chi connectivity index (χ1v) is 7.98. The summed E-state index contributed by atoms with van der Waals surface area (Å²) in [6.45, 7) is 7.58. The van der Waals surface area contributed by atoms with E-state index in [1.807, 2.05) is 6.20 Å². The fourth-order valence-electron chi connectivity index (χ4n) is 2.26. The van der Waals surface area contributed by atoms with Gasteiger partial charge >= 0.3 is 0 Å². The Kier molecular flexibility index (Phi) is 5.32. The van der Waals surface area contributed by atoms with Gasteiger partial charge in [0.1, 0.15) is 0 Å². The molecular formula is C14H23N3S. The molecule has 1 aliphatic rings. The van der Waals surface area contributed by atoms with Gasteiger partial charge in [-0.1, -0.05) is 6.92 Å². The maximum atomic E-state index is 4.59. The second kappa shape index (κ2) is 7.00. The highest BCUT2D eigenvalue weighted by Gasteiger charge is 2.11. The van der Waals surface area contributed by atoms with Crippen LogP contribution in [-0.4, -0.2) is 36.1 Å². The number of thioether (sulfide) groups is 1. The lowest BCUT2D eigenvalue weighted by Gasteiger charge is -2.22. The second-order valence-corrected chi connectivity index (χ2v) is 5.90. The summed E-state index contributed by atoms with van der Waals surface area (Å²) < 4.78 is 0. The number of aromatic nitrogens is 1. The van der Waals surface area contributed by atoms with Gasteiger partial charge in [-0.15, -0.1) is 0 Å². The lowest BCUT2D eigenvalue weighted by Crippen LogP contribution is -2.26. The van der Waals surface area contributed by atoms with Crippen molar-refractivity contribution in [1.82, 2.24) is 10.3 Å². The van der Waals surface area contributed by atoms with E-state index in [0.29, 0.717) is 6.04 Å². The third-order valence-electron chi connectivity index (χ3n) is 3.31. The summed E-state index contributed by atoms with van der Waals surface area (Å²) in [7, 11) is 0. The molecule has 1 unspecified atom stereocenters. The maximum Gasteiger partial charge on any atom is 0.0572 e. The van der Waals surface area contributed by atoms with Crippen molar-refractivity contribution >= 4 is 17.4 Å². The van der Waals surface area contributed by atoms with E-state index < -0.39 is 0 Å². The molecule has 1 aromatic rings. The molecule has 1 aromatic heterocycles. The molecule has 1 saturated heterocycles. The second-order valence-electron chi connectivity index (χ2n) is 4.67. The quantitative estimate of drug-likeness (QED) is 0.906. The minimum Gasteiger partial charge on any atom is -0.369 e. The molecule has 2 rings (SSSR count). The van der Waals surface area contributed by atoms with Crippen LogP contribution in [0, 0.1) is 0 Å². The van der Waals surface area contributed by atoms with Crippen molar-refractivity contribution < 1.29 is 0 Å². The van der Waals surface area contributed by atoms with Crippen LogP contribution in [0.1, 0.15) is 32.0 Å². The van der Waals surface area contributed by atoms with Gasteiger partial charge in [-0.2, -0.15) is 11.8 Å². The standard InChI is InChI=1S/C14H23N3S/c1-3-15-12(2)14-6-5-13(11-16-14)17-7-4-9-18-10-8-17/h5-6,11-12,15H,3-4,7-10H2,1-2H3. The van der Waals surface area contributed by atoms with E-state index >= 15 is 0 Å². The van der Waals surface area contributed by atoms with Gasteiger partial charge in [0.15, 0.2) is 0 Å². The molecule has 18 heavy (non-hydrogen) atoms. The topological polar surface area (TPSA) is 28.2 Å². The highest BCUT2D eigenvalue weighted by Crippen LogP contribution is 2.19. The number of hydrogen-bond acceptors (Lipinski definition) is 4. The molecule has 0 saturated carbocycles. The first-order chi connectivity index (χ1) is 8.81. The smallest absolute Gasteiger partial charge is 0.0572 e. The number of rotatable bonds is 4. The van der Waals surface area contributed by atoms with E-state index in [1.165, 1.54) is 23.6 Å². The molecule has 1 atom stereocenters. The Morgan fingerprint density at radius 3 is 3.00 bits per heavy atom. The average Bonchev–Trinajstić information content (AvgIpc) is 2.68. The molecule has 0 spiro atoms. The SMILES string of the molecule is CCNC(C)c1ccc(N2CCCSCC2)cn1. The molecule has 100 valence electrons. The zero-order chi connectivity index (χ0) is 12.8. The Labute approximate surface area is 114 Å². The number of pyridine rings is 1. The van der Waals surface area contributed by atoms with Gasteiger partial charge in [0.05, 0.1) is 17.6 Å². The lowest BCUT2D eigenvalue weighted by atomic mass is 10.2. The van der Waals surface area contributed by atoms with Crippen LogP contribution in [0.3, 0.4) is 0 Å². The molecule has 0 radical (unpaired) electrons. The average molecular weight is 265 g/mol. The molecule has 1 aliphatic heterocycles. The number of hydrogen-bond donors (Lipinski definition) is 1. The van der Waals surface area contributed by atoms with Crippen molar-refractivity contribution in [1.29, 1.82) is 0 Å². The molecule has 4 heteroatoms. The summed E-state index contributed by atoms with van der Waals surface area (Å²) in [5.41, 5.74) is 2.40. The van der Waals surface area contributed by atoms with Crippen molar-refractivity contribution in [2.75, 3.05) is 36.0 Å². The minimum absolute atomic E-state index is 0.337. The summed E-state index contributed by atoms with van der Waals surface area (Å²) in [4.78, 5) is 7.05. The first kappa shape index (κ1) is 13.7. The van der Waals surface area contributed by atoms with Crippen LogP contribution >= 0.6 is 11.8 Å². The summed E-state index contributed by atoms with van der Waals surface area (Å²) in [6.07, 6.45) is 3.30. The Hall–Kier alpha value is -0.740. The van der Waals surface area contributed by atoms with E-state index in [0.717, 1.165) is 25.3 Å².